The molecule has 0 saturated carbocycles. The third-order valence-electron chi connectivity index (χ3n) is 0.283. The molecule has 0 rings (SSSR count). The Morgan fingerprint density at radius 3 is 1.33 bits per heavy atom. The smallest absolute Gasteiger partial charge is 0.741 e. The molecule has 0 amide bonds. The lowest BCUT2D eigenvalue weighted by atomic mass is 11.6. The van der Waals surface area contributed by atoms with Gasteiger partial charge in [0.15, 0.2) is 10.1 Å². The predicted molar refractivity (Wildman–Crippen MR) is 15.8 cm³/mol. The second kappa shape index (κ2) is 3.01. The summed E-state index contributed by atoms with van der Waals surface area (Å²) in [6.45, 7) is 0. The van der Waals surface area contributed by atoms with Gasteiger partial charge in [0.1, 0.15) is 0 Å². The Bertz CT molecular complexity index is 168. The molecule has 0 saturated heterocycles. The molecule has 0 unspecified atom stereocenters. The molecular formula is CF3IO3S. The average molecular weight is 276 g/mol. The summed E-state index contributed by atoms with van der Waals surface area (Å²) in [5.41, 5.74) is -5.65. The van der Waals surface area contributed by atoms with E-state index < -0.39 is 15.6 Å². The van der Waals surface area contributed by atoms with Crippen molar-refractivity contribution in [2.45, 2.75) is 5.51 Å². The summed E-state index contributed by atoms with van der Waals surface area (Å²) in [5, 5.41) is 0. The Hall–Kier alpha value is 0.430. The second-order valence-electron chi connectivity index (χ2n) is 0.900. The van der Waals surface area contributed by atoms with Crippen LogP contribution in [-0.2, 0) is 10.1 Å². The Labute approximate surface area is 66.0 Å². The molecule has 0 aliphatic rings. The van der Waals surface area contributed by atoms with Gasteiger partial charge in [-0.1, -0.05) is 0 Å². The lowest BCUT2D eigenvalue weighted by Gasteiger charge is -2.08. The van der Waals surface area contributed by atoms with Crippen molar-refractivity contribution in [2.75, 3.05) is 0 Å². The highest BCUT2D eigenvalue weighted by molar-refractivity contribution is 7.86. The molecule has 0 aromatic rings. The van der Waals surface area contributed by atoms with Crippen LogP contribution >= 0.6 is 0 Å². The van der Waals surface area contributed by atoms with E-state index >= 15 is 0 Å². The van der Waals surface area contributed by atoms with Gasteiger partial charge in [-0.2, -0.15) is 13.2 Å². The van der Waals surface area contributed by atoms with Crippen LogP contribution in [-0.4, -0.2) is 18.5 Å². The van der Waals surface area contributed by atoms with Gasteiger partial charge < -0.3 is 4.55 Å². The molecule has 0 aliphatic carbocycles. The van der Waals surface area contributed by atoms with Crippen LogP contribution in [0.2, 0.25) is 0 Å². The maximum Gasteiger partial charge on any atom is 1.00 e. The molecule has 0 bridgehead atoms. The van der Waals surface area contributed by atoms with Crippen molar-refractivity contribution in [3.05, 3.63) is 0 Å². The highest BCUT2D eigenvalue weighted by atomic mass is 127. The number of hydrogen-bond acceptors (Lipinski definition) is 3. The van der Waals surface area contributed by atoms with Gasteiger partial charge in [-0.3, -0.25) is 0 Å². The van der Waals surface area contributed by atoms with Crippen LogP contribution < -0.4 is 24.0 Å². The van der Waals surface area contributed by atoms with Gasteiger partial charge in [0.2, 0.25) is 0 Å². The standard InChI is InChI=1S/CHF3O3S.I/c2-1(3,4)8(5,6)7;/h(H,5,6,7);/q;+1/p-1. The lowest BCUT2D eigenvalue weighted by molar-refractivity contribution is -0.0517. The van der Waals surface area contributed by atoms with Gasteiger partial charge >= 0.3 is 29.5 Å². The first-order valence-corrected chi connectivity index (χ1v) is 2.68. The van der Waals surface area contributed by atoms with E-state index in [9.17, 15) is 13.2 Å². The summed E-state index contributed by atoms with van der Waals surface area (Å²) < 4.78 is 58.9. The van der Waals surface area contributed by atoms with Gasteiger partial charge in [0.25, 0.3) is 0 Å². The van der Waals surface area contributed by atoms with E-state index in [4.69, 9.17) is 13.0 Å². The zero-order valence-corrected chi connectivity index (χ0v) is 6.62. The van der Waals surface area contributed by atoms with Gasteiger partial charge in [-0.15, -0.1) is 0 Å². The van der Waals surface area contributed by atoms with Crippen LogP contribution in [0.1, 0.15) is 0 Å². The minimum absolute atomic E-state index is 0. The Morgan fingerprint density at radius 1 is 1.22 bits per heavy atom. The number of hydrogen-bond donors (Lipinski definition) is 0. The minimum Gasteiger partial charge on any atom is -0.741 e. The fourth-order valence-electron chi connectivity index (χ4n) is 0. The van der Waals surface area contributed by atoms with E-state index in [1.165, 1.54) is 0 Å². The zero-order valence-electron chi connectivity index (χ0n) is 3.64. The molecule has 0 fully saturated rings. The number of rotatable bonds is 0. The van der Waals surface area contributed by atoms with Gasteiger partial charge in [-0.05, 0) is 0 Å². The number of alkyl halides is 3. The minimum atomic E-state index is -6.09. The van der Waals surface area contributed by atoms with Crippen molar-refractivity contribution >= 4 is 10.1 Å². The van der Waals surface area contributed by atoms with E-state index in [1.54, 1.807) is 0 Å². The highest BCUT2D eigenvalue weighted by Crippen LogP contribution is 2.20. The zero-order chi connectivity index (χ0) is 7.00. The van der Waals surface area contributed by atoms with E-state index in [0.717, 1.165) is 0 Å². The van der Waals surface area contributed by atoms with E-state index in [0.29, 0.717) is 0 Å². The lowest BCUT2D eigenvalue weighted by Crippen LogP contribution is -3.00. The molecule has 9 heavy (non-hydrogen) atoms. The highest BCUT2D eigenvalue weighted by Gasteiger charge is 2.36. The third kappa shape index (κ3) is 3.92. The summed E-state index contributed by atoms with van der Waals surface area (Å²) in [6, 6.07) is 0. The van der Waals surface area contributed by atoms with Crippen LogP contribution in [0.15, 0.2) is 0 Å². The van der Waals surface area contributed by atoms with Gasteiger partial charge in [0.05, 0.1) is 0 Å². The quantitative estimate of drug-likeness (QED) is 0.270. The topological polar surface area (TPSA) is 57.2 Å². The van der Waals surface area contributed by atoms with Crippen molar-refractivity contribution in [3.8, 4) is 0 Å². The third-order valence-corrected chi connectivity index (χ3v) is 0.850. The first-order valence-electron chi connectivity index (χ1n) is 1.27. The summed E-state index contributed by atoms with van der Waals surface area (Å²) in [7, 11) is -6.09. The van der Waals surface area contributed by atoms with Gasteiger partial charge in [-0.25, -0.2) is 8.42 Å². The molecule has 0 aromatic carbocycles. The van der Waals surface area contributed by atoms with Crippen molar-refractivity contribution in [1.82, 2.24) is 0 Å². The van der Waals surface area contributed by atoms with E-state index in [-0.39, 0.29) is 24.0 Å². The molecular weight excluding hydrogens is 276 g/mol. The molecule has 0 atom stereocenters. The SMILES string of the molecule is O=S(=O)([O-])C(F)(F)F.[I+]. The Morgan fingerprint density at radius 2 is 1.33 bits per heavy atom. The molecule has 0 heterocycles. The molecule has 3 nitrogen and oxygen atoms in total. The normalized spacial score (nSPS) is 12.4. The summed E-state index contributed by atoms with van der Waals surface area (Å²) in [4.78, 5) is 0. The second-order valence-corrected chi connectivity index (χ2v) is 2.27. The van der Waals surface area contributed by atoms with Crippen molar-refractivity contribution < 1.29 is 50.1 Å². The molecule has 0 aliphatic heterocycles. The molecule has 0 aromatic heterocycles. The van der Waals surface area contributed by atoms with Crippen molar-refractivity contribution in [1.29, 1.82) is 0 Å². The van der Waals surface area contributed by atoms with Crippen molar-refractivity contribution in [3.63, 3.8) is 0 Å². The van der Waals surface area contributed by atoms with E-state index in [2.05, 4.69) is 0 Å². The summed E-state index contributed by atoms with van der Waals surface area (Å²) >= 11 is 0. The van der Waals surface area contributed by atoms with E-state index in [1.807, 2.05) is 0 Å². The van der Waals surface area contributed by atoms with Crippen LogP contribution in [0.3, 0.4) is 0 Å². The fraction of sp³-hybridized carbons (Fsp3) is 1.00. The monoisotopic (exact) mass is 276 g/mol. The maximum absolute atomic E-state index is 10.7. The summed E-state index contributed by atoms with van der Waals surface area (Å²) in [5.74, 6) is 0. The molecule has 0 spiro atoms. The first kappa shape index (κ1) is 12.1. The Balaban J connectivity index is 0. The van der Waals surface area contributed by atoms with Crippen molar-refractivity contribution in [2.24, 2.45) is 0 Å². The largest absolute Gasteiger partial charge is 1.00 e. The predicted octanol–water partition coefficient (Wildman–Crippen LogP) is -2.94. The fourth-order valence-corrected chi connectivity index (χ4v) is 0. The Kier molecular flexibility index (Phi) is 4.06. The molecule has 8 heteroatoms. The van der Waals surface area contributed by atoms with Crippen LogP contribution in [0.5, 0.6) is 0 Å². The van der Waals surface area contributed by atoms with Gasteiger partial charge in [0, 0.05) is 0 Å². The first-order chi connectivity index (χ1) is 3.25. The molecule has 0 N–H and O–H groups in total. The molecule has 2 radical (unpaired) electrons. The molecule has 56 valence electrons. The average Bonchev–Trinajstić information content (AvgIpc) is 1.25. The van der Waals surface area contributed by atoms with Crippen LogP contribution in [0.25, 0.3) is 0 Å². The number of halogens is 4. The summed E-state index contributed by atoms with van der Waals surface area (Å²) in [6.07, 6.45) is 0. The van der Waals surface area contributed by atoms with Crippen LogP contribution in [0, 0.1) is 0 Å². The maximum atomic E-state index is 10.7. The van der Waals surface area contributed by atoms with Crippen LogP contribution in [0.4, 0.5) is 13.2 Å².